The maximum absolute atomic E-state index is 11.6. The second kappa shape index (κ2) is 11.3. The number of nitrogens with one attached hydrogen (secondary N) is 2. The Labute approximate surface area is 118 Å². The van der Waals surface area contributed by atoms with Crippen molar-refractivity contribution < 1.29 is 4.79 Å². The van der Waals surface area contributed by atoms with Gasteiger partial charge in [0, 0.05) is 25.6 Å². The molecule has 0 bridgehead atoms. The van der Waals surface area contributed by atoms with E-state index in [0.717, 1.165) is 19.5 Å². The average molecular weight is 268 g/mol. The van der Waals surface area contributed by atoms with Gasteiger partial charge < -0.3 is 10.6 Å². The van der Waals surface area contributed by atoms with Crippen molar-refractivity contribution in [3.8, 4) is 0 Å². The molecule has 0 aromatic rings. The summed E-state index contributed by atoms with van der Waals surface area (Å²) >= 11 is 0. The Bertz CT molecular complexity index is 223. The van der Waals surface area contributed by atoms with Gasteiger partial charge in [0.1, 0.15) is 0 Å². The summed E-state index contributed by atoms with van der Waals surface area (Å²) in [6, 6.07) is 0.684. The van der Waals surface area contributed by atoms with Gasteiger partial charge in [-0.1, -0.05) is 51.9 Å². The first-order chi connectivity index (χ1) is 9.33. The standard InChI is InChI=1S/C16H32N2O/c1-2-3-4-9-12-16(19)18-14-13-17-15-10-7-5-6-8-11-15/h15,17H,2-14H2,1H3,(H,18,19). The van der Waals surface area contributed by atoms with Crippen LogP contribution in [0.25, 0.3) is 0 Å². The van der Waals surface area contributed by atoms with Crippen LogP contribution in [0.3, 0.4) is 0 Å². The molecular weight excluding hydrogens is 236 g/mol. The highest BCUT2D eigenvalue weighted by molar-refractivity contribution is 5.75. The maximum Gasteiger partial charge on any atom is 0.220 e. The lowest BCUT2D eigenvalue weighted by atomic mass is 10.1. The predicted molar refractivity (Wildman–Crippen MR) is 81.3 cm³/mol. The van der Waals surface area contributed by atoms with E-state index >= 15 is 0 Å². The highest BCUT2D eigenvalue weighted by atomic mass is 16.1. The Kier molecular flexibility index (Phi) is 9.78. The Balaban J connectivity index is 1.92. The molecule has 1 rings (SSSR count). The van der Waals surface area contributed by atoms with E-state index in [-0.39, 0.29) is 5.91 Å². The Morgan fingerprint density at radius 2 is 1.74 bits per heavy atom. The van der Waals surface area contributed by atoms with E-state index in [1.54, 1.807) is 0 Å². The first-order valence-electron chi connectivity index (χ1n) is 8.33. The minimum atomic E-state index is 0.221. The van der Waals surface area contributed by atoms with E-state index in [0.29, 0.717) is 12.5 Å². The number of amides is 1. The van der Waals surface area contributed by atoms with Crippen LogP contribution >= 0.6 is 0 Å². The zero-order valence-corrected chi connectivity index (χ0v) is 12.7. The molecule has 2 N–H and O–H groups in total. The predicted octanol–water partition coefficient (Wildman–Crippen LogP) is 3.39. The van der Waals surface area contributed by atoms with E-state index in [9.17, 15) is 4.79 Å². The van der Waals surface area contributed by atoms with E-state index < -0.39 is 0 Å². The molecule has 3 nitrogen and oxygen atoms in total. The first kappa shape index (κ1) is 16.5. The van der Waals surface area contributed by atoms with Crippen LogP contribution in [-0.4, -0.2) is 25.0 Å². The summed E-state index contributed by atoms with van der Waals surface area (Å²) in [5, 5.41) is 6.59. The van der Waals surface area contributed by atoms with Crippen molar-refractivity contribution in [2.45, 2.75) is 83.6 Å². The molecule has 0 aliphatic heterocycles. The van der Waals surface area contributed by atoms with Crippen LogP contribution in [0.2, 0.25) is 0 Å². The molecule has 1 aliphatic rings. The molecule has 0 spiro atoms. The van der Waals surface area contributed by atoms with Crippen molar-refractivity contribution in [3.63, 3.8) is 0 Å². The van der Waals surface area contributed by atoms with Crippen molar-refractivity contribution in [1.29, 1.82) is 0 Å². The van der Waals surface area contributed by atoms with Gasteiger partial charge >= 0.3 is 0 Å². The van der Waals surface area contributed by atoms with Gasteiger partial charge in [-0.25, -0.2) is 0 Å². The summed E-state index contributed by atoms with van der Waals surface area (Å²) in [6.45, 7) is 3.90. The molecule has 0 radical (unpaired) electrons. The summed E-state index contributed by atoms with van der Waals surface area (Å²) in [7, 11) is 0. The summed E-state index contributed by atoms with van der Waals surface area (Å²) < 4.78 is 0. The molecule has 0 saturated heterocycles. The zero-order valence-electron chi connectivity index (χ0n) is 12.7. The van der Waals surface area contributed by atoms with Crippen LogP contribution in [0.1, 0.15) is 77.6 Å². The quantitative estimate of drug-likeness (QED) is 0.497. The lowest BCUT2D eigenvalue weighted by Gasteiger charge is -2.16. The molecule has 0 atom stereocenters. The molecular formula is C16H32N2O. The molecule has 3 heteroatoms. The van der Waals surface area contributed by atoms with Crippen LogP contribution in [0, 0.1) is 0 Å². The minimum absolute atomic E-state index is 0.221. The largest absolute Gasteiger partial charge is 0.355 e. The third kappa shape index (κ3) is 9.04. The smallest absolute Gasteiger partial charge is 0.220 e. The molecule has 0 aromatic heterocycles. The van der Waals surface area contributed by atoms with Crippen molar-refractivity contribution in [1.82, 2.24) is 10.6 Å². The van der Waals surface area contributed by atoms with Gasteiger partial charge in [0.05, 0.1) is 0 Å². The maximum atomic E-state index is 11.6. The van der Waals surface area contributed by atoms with Gasteiger partial charge in [-0.05, 0) is 19.3 Å². The monoisotopic (exact) mass is 268 g/mol. The van der Waals surface area contributed by atoms with Crippen LogP contribution in [-0.2, 0) is 4.79 Å². The van der Waals surface area contributed by atoms with E-state index in [1.165, 1.54) is 57.8 Å². The third-order valence-electron chi connectivity index (χ3n) is 3.99. The van der Waals surface area contributed by atoms with Crippen LogP contribution in [0.5, 0.6) is 0 Å². The third-order valence-corrected chi connectivity index (χ3v) is 3.99. The Hall–Kier alpha value is -0.570. The van der Waals surface area contributed by atoms with Gasteiger partial charge in [-0.15, -0.1) is 0 Å². The van der Waals surface area contributed by atoms with Gasteiger partial charge in [0.2, 0.25) is 5.91 Å². The van der Waals surface area contributed by atoms with Crippen molar-refractivity contribution in [2.75, 3.05) is 13.1 Å². The van der Waals surface area contributed by atoms with E-state index in [2.05, 4.69) is 17.6 Å². The number of unbranched alkanes of at least 4 members (excludes halogenated alkanes) is 3. The lowest BCUT2D eigenvalue weighted by Crippen LogP contribution is -2.36. The van der Waals surface area contributed by atoms with Gasteiger partial charge in [0.15, 0.2) is 0 Å². The first-order valence-corrected chi connectivity index (χ1v) is 8.33. The normalized spacial score (nSPS) is 17.1. The molecule has 1 aliphatic carbocycles. The molecule has 0 aromatic carbocycles. The highest BCUT2D eigenvalue weighted by Crippen LogP contribution is 2.16. The fraction of sp³-hybridized carbons (Fsp3) is 0.938. The van der Waals surface area contributed by atoms with Gasteiger partial charge in [-0.3, -0.25) is 4.79 Å². The molecule has 112 valence electrons. The number of carbonyl (C=O) groups excluding carboxylic acids is 1. The second-order valence-corrected chi connectivity index (χ2v) is 5.80. The molecule has 0 unspecified atom stereocenters. The number of carbonyl (C=O) groups is 1. The van der Waals surface area contributed by atoms with Gasteiger partial charge in [-0.2, -0.15) is 0 Å². The van der Waals surface area contributed by atoms with Crippen LogP contribution in [0.4, 0.5) is 0 Å². The second-order valence-electron chi connectivity index (χ2n) is 5.80. The Morgan fingerprint density at radius 3 is 2.42 bits per heavy atom. The topological polar surface area (TPSA) is 41.1 Å². The summed E-state index contributed by atoms with van der Waals surface area (Å²) in [5.74, 6) is 0.221. The van der Waals surface area contributed by atoms with Gasteiger partial charge in [0.25, 0.3) is 0 Å². The van der Waals surface area contributed by atoms with E-state index in [4.69, 9.17) is 0 Å². The summed E-state index contributed by atoms with van der Waals surface area (Å²) in [5.41, 5.74) is 0. The molecule has 19 heavy (non-hydrogen) atoms. The van der Waals surface area contributed by atoms with Crippen LogP contribution < -0.4 is 10.6 Å². The highest BCUT2D eigenvalue weighted by Gasteiger charge is 2.10. The fourth-order valence-electron chi connectivity index (χ4n) is 2.76. The minimum Gasteiger partial charge on any atom is -0.355 e. The SMILES string of the molecule is CCCCCCC(=O)NCCNC1CCCCCC1. The summed E-state index contributed by atoms with van der Waals surface area (Å²) in [4.78, 5) is 11.6. The number of rotatable bonds is 9. The number of hydrogen-bond donors (Lipinski definition) is 2. The van der Waals surface area contributed by atoms with Crippen molar-refractivity contribution in [2.24, 2.45) is 0 Å². The van der Waals surface area contributed by atoms with Crippen molar-refractivity contribution in [3.05, 3.63) is 0 Å². The zero-order chi connectivity index (χ0) is 13.8. The fourth-order valence-corrected chi connectivity index (χ4v) is 2.76. The lowest BCUT2D eigenvalue weighted by molar-refractivity contribution is -0.121. The average Bonchev–Trinajstić information content (AvgIpc) is 2.68. The van der Waals surface area contributed by atoms with Crippen molar-refractivity contribution >= 4 is 5.91 Å². The molecule has 1 fully saturated rings. The number of hydrogen-bond acceptors (Lipinski definition) is 2. The van der Waals surface area contributed by atoms with E-state index in [1.807, 2.05) is 0 Å². The molecule has 0 heterocycles. The Morgan fingerprint density at radius 1 is 1.00 bits per heavy atom. The molecule has 1 amide bonds. The summed E-state index contributed by atoms with van der Waals surface area (Å²) in [6.07, 6.45) is 13.5. The van der Waals surface area contributed by atoms with Crippen LogP contribution in [0.15, 0.2) is 0 Å². The molecule has 1 saturated carbocycles.